The highest BCUT2D eigenvalue weighted by atomic mass is 32.1. The Kier molecular flexibility index (Phi) is 4.50. The van der Waals surface area contributed by atoms with Gasteiger partial charge in [0.25, 0.3) is 5.56 Å². The Balaban J connectivity index is 2.12. The van der Waals surface area contributed by atoms with Crippen molar-refractivity contribution >= 4 is 11.3 Å². The van der Waals surface area contributed by atoms with Gasteiger partial charge in [-0.05, 0) is 19.1 Å². The van der Waals surface area contributed by atoms with Crippen LogP contribution in [0.1, 0.15) is 21.9 Å². The summed E-state index contributed by atoms with van der Waals surface area (Å²) < 4.78 is 1.57. The molecule has 0 aliphatic carbocycles. The van der Waals surface area contributed by atoms with E-state index in [0.717, 1.165) is 15.4 Å². The van der Waals surface area contributed by atoms with E-state index < -0.39 is 0 Å². The Hall–Kier alpha value is -1.90. The van der Waals surface area contributed by atoms with Gasteiger partial charge in [-0.1, -0.05) is 11.8 Å². The van der Waals surface area contributed by atoms with Gasteiger partial charge in [-0.2, -0.15) is 0 Å². The molecule has 19 heavy (non-hydrogen) atoms. The fourth-order valence-electron chi connectivity index (χ4n) is 1.54. The minimum absolute atomic E-state index is 0.0474. The summed E-state index contributed by atoms with van der Waals surface area (Å²) in [7, 11) is 0. The van der Waals surface area contributed by atoms with Crippen LogP contribution in [0.4, 0.5) is 0 Å². The van der Waals surface area contributed by atoms with Gasteiger partial charge >= 0.3 is 0 Å². The molecule has 2 heterocycles. The largest absolute Gasteiger partial charge is 0.395 e. The summed E-state index contributed by atoms with van der Waals surface area (Å²) >= 11 is 1.55. The van der Waals surface area contributed by atoms with Gasteiger partial charge in [0, 0.05) is 23.1 Å². The molecule has 2 aromatic rings. The molecule has 0 saturated heterocycles. The third kappa shape index (κ3) is 3.78. The van der Waals surface area contributed by atoms with Crippen LogP contribution in [0.3, 0.4) is 0 Å². The smallest absolute Gasteiger partial charge is 0.253 e. The van der Waals surface area contributed by atoms with E-state index in [4.69, 9.17) is 5.11 Å². The molecule has 0 fully saturated rings. The summed E-state index contributed by atoms with van der Waals surface area (Å²) in [5.41, 5.74) is 0.678. The first-order valence-electron chi connectivity index (χ1n) is 5.90. The molecule has 2 aromatic heterocycles. The summed E-state index contributed by atoms with van der Waals surface area (Å²) in [4.78, 5) is 17.8. The lowest BCUT2D eigenvalue weighted by molar-refractivity contribution is 0.305. The van der Waals surface area contributed by atoms with Crippen LogP contribution in [0.15, 0.2) is 29.3 Å². The Labute approximate surface area is 115 Å². The molecule has 0 aromatic carbocycles. The average Bonchev–Trinajstić information content (AvgIpc) is 2.81. The molecule has 5 heteroatoms. The van der Waals surface area contributed by atoms with Crippen LogP contribution in [0.2, 0.25) is 0 Å². The summed E-state index contributed by atoms with van der Waals surface area (Å²) in [6, 6.07) is 5.41. The lowest BCUT2D eigenvalue weighted by Gasteiger charge is -2.02. The summed E-state index contributed by atoms with van der Waals surface area (Å²) in [6.07, 6.45) is 2.04. The topological polar surface area (TPSA) is 55.1 Å². The molecular weight excluding hydrogens is 260 g/mol. The lowest BCUT2D eigenvalue weighted by Crippen LogP contribution is -2.20. The Bertz CT molecular complexity index is 676. The number of hydrogen-bond donors (Lipinski definition) is 1. The first kappa shape index (κ1) is 13.5. The fourth-order valence-corrected chi connectivity index (χ4v) is 2.42. The van der Waals surface area contributed by atoms with Gasteiger partial charge < -0.3 is 5.11 Å². The Morgan fingerprint density at radius 3 is 3.05 bits per heavy atom. The molecule has 0 atom stereocenters. The molecule has 1 N–H and O–H groups in total. The highest BCUT2D eigenvalue weighted by molar-refractivity contribution is 7.12. The number of aryl methyl sites for hydroxylation is 1. The van der Waals surface area contributed by atoms with Crippen molar-refractivity contribution in [3.8, 4) is 11.8 Å². The Morgan fingerprint density at radius 2 is 2.32 bits per heavy atom. The minimum Gasteiger partial charge on any atom is -0.395 e. The highest BCUT2D eigenvalue weighted by Crippen LogP contribution is 2.16. The lowest BCUT2D eigenvalue weighted by atomic mass is 10.4. The van der Waals surface area contributed by atoms with Crippen molar-refractivity contribution in [2.24, 2.45) is 0 Å². The molecule has 0 aliphatic rings. The maximum atomic E-state index is 11.7. The predicted molar refractivity (Wildman–Crippen MR) is 75.2 cm³/mol. The maximum Gasteiger partial charge on any atom is 0.253 e. The number of aromatic nitrogens is 2. The van der Waals surface area contributed by atoms with Gasteiger partial charge in [0.05, 0.1) is 24.4 Å². The molecular formula is C14H14N2O2S. The number of hydrogen-bond acceptors (Lipinski definition) is 4. The number of aliphatic hydroxyl groups excluding tert-OH is 1. The first-order chi connectivity index (χ1) is 9.19. The summed E-state index contributed by atoms with van der Waals surface area (Å²) in [6.45, 7) is 2.39. The SMILES string of the molecule is Cc1cc(=O)n(Cc2ccc(C#CCCO)s2)cn1. The van der Waals surface area contributed by atoms with Crippen LogP contribution < -0.4 is 5.56 Å². The molecule has 0 saturated carbocycles. The van der Waals surface area contributed by atoms with Gasteiger partial charge in [0.1, 0.15) is 0 Å². The maximum absolute atomic E-state index is 11.7. The van der Waals surface area contributed by atoms with E-state index >= 15 is 0 Å². The zero-order valence-electron chi connectivity index (χ0n) is 10.6. The minimum atomic E-state index is -0.0474. The molecule has 98 valence electrons. The van der Waals surface area contributed by atoms with Crippen molar-refractivity contribution < 1.29 is 5.11 Å². The molecule has 0 spiro atoms. The third-order valence-electron chi connectivity index (χ3n) is 2.45. The van der Waals surface area contributed by atoms with E-state index in [9.17, 15) is 4.79 Å². The standard InChI is InChI=1S/C14H14N2O2S/c1-11-8-14(18)16(10-15-11)9-13-6-5-12(19-13)4-2-3-7-17/h5-6,8,10,17H,3,7,9H2,1H3. The molecule has 2 rings (SSSR count). The fraction of sp³-hybridized carbons (Fsp3) is 0.286. The normalized spacial score (nSPS) is 10.0. The van der Waals surface area contributed by atoms with Gasteiger partial charge in [0.2, 0.25) is 0 Å². The van der Waals surface area contributed by atoms with E-state index in [0.29, 0.717) is 13.0 Å². The molecule has 4 nitrogen and oxygen atoms in total. The van der Waals surface area contributed by atoms with E-state index in [1.54, 1.807) is 29.2 Å². The zero-order chi connectivity index (χ0) is 13.7. The van der Waals surface area contributed by atoms with Crippen molar-refractivity contribution in [2.45, 2.75) is 19.9 Å². The second-order valence-corrected chi connectivity index (χ2v) is 5.21. The molecule has 0 unspecified atom stereocenters. The first-order valence-corrected chi connectivity index (χ1v) is 6.72. The van der Waals surface area contributed by atoms with E-state index in [1.807, 2.05) is 12.1 Å². The van der Waals surface area contributed by atoms with Crippen molar-refractivity contribution in [2.75, 3.05) is 6.61 Å². The van der Waals surface area contributed by atoms with Gasteiger partial charge in [-0.25, -0.2) is 4.98 Å². The number of rotatable bonds is 3. The van der Waals surface area contributed by atoms with Gasteiger partial charge in [0.15, 0.2) is 0 Å². The van der Waals surface area contributed by atoms with E-state index in [-0.39, 0.29) is 12.2 Å². The quantitative estimate of drug-likeness (QED) is 0.861. The van der Waals surface area contributed by atoms with Crippen LogP contribution in [0.25, 0.3) is 0 Å². The molecule has 0 amide bonds. The van der Waals surface area contributed by atoms with Crippen LogP contribution >= 0.6 is 11.3 Å². The van der Waals surface area contributed by atoms with Gasteiger partial charge in [-0.15, -0.1) is 11.3 Å². The third-order valence-corrected chi connectivity index (χ3v) is 3.44. The van der Waals surface area contributed by atoms with Crippen molar-refractivity contribution in [3.05, 3.63) is 50.3 Å². The zero-order valence-corrected chi connectivity index (χ0v) is 11.4. The average molecular weight is 274 g/mol. The van der Waals surface area contributed by atoms with Crippen molar-refractivity contribution in [1.29, 1.82) is 0 Å². The number of nitrogens with zero attached hydrogens (tertiary/aromatic N) is 2. The monoisotopic (exact) mass is 274 g/mol. The number of aliphatic hydroxyl groups is 1. The second-order valence-electron chi connectivity index (χ2n) is 4.04. The summed E-state index contributed by atoms with van der Waals surface area (Å²) in [5, 5.41) is 8.65. The molecule has 0 aliphatic heterocycles. The Morgan fingerprint density at radius 1 is 1.47 bits per heavy atom. The van der Waals surface area contributed by atoms with E-state index in [2.05, 4.69) is 16.8 Å². The second kappa shape index (κ2) is 6.32. The van der Waals surface area contributed by atoms with Crippen molar-refractivity contribution in [1.82, 2.24) is 9.55 Å². The molecule has 0 radical (unpaired) electrons. The van der Waals surface area contributed by atoms with Crippen molar-refractivity contribution in [3.63, 3.8) is 0 Å². The predicted octanol–water partition coefficient (Wildman–Crippen LogP) is 1.40. The van der Waals surface area contributed by atoms with Crippen LogP contribution in [0, 0.1) is 18.8 Å². The van der Waals surface area contributed by atoms with Crippen LogP contribution in [-0.2, 0) is 6.54 Å². The summed E-state index contributed by atoms with van der Waals surface area (Å²) in [5.74, 6) is 5.86. The van der Waals surface area contributed by atoms with Gasteiger partial charge in [-0.3, -0.25) is 9.36 Å². The van der Waals surface area contributed by atoms with Crippen LogP contribution in [-0.4, -0.2) is 21.3 Å². The highest BCUT2D eigenvalue weighted by Gasteiger charge is 2.02. The number of thiophene rings is 1. The van der Waals surface area contributed by atoms with Crippen LogP contribution in [0.5, 0.6) is 0 Å². The van der Waals surface area contributed by atoms with E-state index in [1.165, 1.54) is 6.07 Å². The molecule has 0 bridgehead atoms.